The number of methoxy groups -OCH3 is 1. The summed E-state index contributed by atoms with van der Waals surface area (Å²) in [6, 6.07) is 4.66. The minimum absolute atomic E-state index is 0.141. The highest BCUT2D eigenvalue weighted by Gasteiger charge is 2.34. The predicted octanol–water partition coefficient (Wildman–Crippen LogP) is 1.47. The summed E-state index contributed by atoms with van der Waals surface area (Å²) in [6.07, 6.45) is 4.24. The highest BCUT2D eigenvalue weighted by molar-refractivity contribution is 5.97. The number of amides is 2. The standard InChI is InChI=1S/C25H30N4O5/c1-17-14-29(18(2)16-30)25(32)21-11-19(7-6-10-33-4)12-27-23(21)34-22(17)15-28(3)24(31)20-8-5-9-26-13-20/h5,8-9,11-13,17-18,22,30H,10,14-16H2,1-4H3/t17-,18+,22-/m0/s1. The van der Waals surface area contributed by atoms with Gasteiger partial charge in [-0.05, 0) is 25.1 Å². The highest BCUT2D eigenvalue weighted by Crippen LogP contribution is 2.27. The number of aliphatic hydroxyl groups excluding tert-OH is 1. The lowest BCUT2D eigenvalue weighted by molar-refractivity contribution is 0.0313. The Hall–Kier alpha value is -3.48. The van der Waals surface area contributed by atoms with E-state index in [1.807, 2.05) is 6.92 Å². The third kappa shape index (κ3) is 5.90. The van der Waals surface area contributed by atoms with Crippen LogP contribution >= 0.6 is 0 Å². The first kappa shape index (κ1) is 25.1. The van der Waals surface area contributed by atoms with Crippen molar-refractivity contribution in [3.05, 3.63) is 53.5 Å². The summed E-state index contributed by atoms with van der Waals surface area (Å²) in [4.78, 5) is 37.8. The fourth-order valence-corrected chi connectivity index (χ4v) is 3.66. The molecule has 0 saturated heterocycles. The average molecular weight is 467 g/mol. The zero-order valence-electron chi connectivity index (χ0n) is 19.9. The van der Waals surface area contributed by atoms with Gasteiger partial charge in [-0.3, -0.25) is 14.6 Å². The molecule has 0 radical (unpaired) electrons. The van der Waals surface area contributed by atoms with Crippen LogP contribution in [0.25, 0.3) is 0 Å². The van der Waals surface area contributed by atoms with Crippen molar-refractivity contribution in [3.63, 3.8) is 0 Å². The van der Waals surface area contributed by atoms with E-state index in [0.717, 1.165) is 0 Å². The van der Waals surface area contributed by atoms with Gasteiger partial charge in [-0.25, -0.2) is 4.98 Å². The fourth-order valence-electron chi connectivity index (χ4n) is 3.66. The monoisotopic (exact) mass is 466 g/mol. The number of carbonyl (C=O) groups is 2. The number of aromatic nitrogens is 2. The van der Waals surface area contributed by atoms with Gasteiger partial charge in [0, 0.05) is 50.8 Å². The Labute approximate surface area is 199 Å². The first-order chi connectivity index (χ1) is 16.3. The van der Waals surface area contributed by atoms with Gasteiger partial charge >= 0.3 is 0 Å². The van der Waals surface area contributed by atoms with Crippen LogP contribution in [0.15, 0.2) is 36.8 Å². The first-order valence-corrected chi connectivity index (χ1v) is 11.1. The predicted molar refractivity (Wildman–Crippen MR) is 125 cm³/mol. The molecule has 2 aromatic rings. The number of rotatable bonds is 6. The third-order valence-corrected chi connectivity index (χ3v) is 5.68. The van der Waals surface area contributed by atoms with Crippen molar-refractivity contribution in [1.82, 2.24) is 19.8 Å². The maximum absolute atomic E-state index is 13.4. The van der Waals surface area contributed by atoms with Crippen LogP contribution < -0.4 is 4.74 Å². The molecule has 3 heterocycles. The van der Waals surface area contributed by atoms with E-state index in [2.05, 4.69) is 21.8 Å². The van der Waals surface area contributed by atoms with Gasteiger partial charge in [-0.1, -0.05) is 18.8 Å². The second-order valence-corrected chi connectivity index (χ2v) is 8.36. The molecule has 9 heteroatoms. The number of ether oxygens (including phenoxy) is 2. The van der Waals surface area contributed by atoms with Crippen LogP contribution in [0.2, 0.25) is 0 Å². The number of hydrogen-bond donors (Lipinski definition) is 1. The Bertz CT molecular complexity index is 1070. The van der Waals surface area contributed by atoms with Crippen LogP contribution in [0.5, 0.6) is 5.88 Å². The average Bonchev–Trinajstić information content (AvgIpc) is 2.86. The Morgan fingerprint density at radius 2 is 2.24 bits per heavy atom. The van der Waals surface area contributed by atoms with Crippen molar-refractivity contribution < 1.29 is 24.2 Å². The summed E-state index contributed by atoms with van der Waals surface area (Å²) < 4.78 is 11.2. The van der Waals surface area contributed by atoms with Gasteiger partial charge in [0.2, 0.25) is 5.88 Å². The molecule has 0 spiro atoms. The number of fused-ring (bicyclic) bond motifs is 1. The van der Waals surface area contributed by atoms with E-state index < -0.39 is 12.1 Å². The van der Waals surface area contributed by atoms with Crippen LogP contribution in [0.3, 0.4) is 0 Å². The second-order valence-electron chi connectivity index (χ2n) is 8.36. The molecule has 3 rings (SSSR count). The van der Waals surface area contributed by atoms with Gasteiger partial charge in [0.15, 0.2) is 0 Å². The minimum Gasteiger partial charge on any atom is -0.472 e. The summed E-state index contributed by atoms with van der Waals surface area (Å²) in [5, 5.41) is 9.77. The molecule has 9 nitrogen and oxygen atoms in total. The van der Waals surface area contributed by atoms with Crippen molar-refractivity contribution in [1.29, 1.82) is 0 Å². The molecule has 1 aliphatic rings. The molecule has 0 saturated carbocycles. The molecule has 0 aromatic carbocycles. The Morgan fingerprint density at radius 1 is 1.44 bits per heavy atom. The van der Waals surface area contributed by atoms with Gasteiger partial charge in [0.25, 0.3) is 11.8 Å². The largest absolute Gasteiger partial charge is 0.472 e. The molecule has 3 atom stereocenters. The molecule has 1 aliphatic heterocycles. The number of hydrogen-bond acceptors (Lipinski definition) is 7. The van der Waals surface area contributed by atoms with Gasteiger partial charge in [-0.15, -0.1) is 0 Å². The summed E-state index contributed by atoms with van der Waals surface area (Å²) in [5.74, 6) is 5.34. The van der Waals surface area contributed by atoms with Crippen LogP contribution in [0.4, 0.5) is 0 Å². The van der Waals surface area contributed by atoms with Gasteiger partial charge < -0.3 is 24.4 Å². The lowest BCUT2D eigenvalue weighted by atomic mass is 9.99. The molecule has 2 aromatic heterocycles. The highest BCUT2D eigenvalue weighted by atomic mass is 16.5. The quantitative estimate of drug-likeness (QED) is 0.643. The minimum atomic E-state index is -0.441. The van der Waals surface area contributed by atoms with Crippen molar-refractivity contribution >= 4 is 11.8 Å². The number of nitrogens with zero attached hydrogens (tertiary/aromatic N) is 4. The molecule has 34 heavy (non-hydrogen) atoms. The SMILES string of the molecule is COCC#Cc1cnc2c(c1)C(=O)N([C@H](C)CO)C[C@H](C)[C@H](CN(C)C(=O)c1cccnc1)O2. The first-order valence-electron chi connectivity index (χ1n) is 11.1. The number of aliphatic hydroxyl groups is 1. The van der Waals surface area contributed by atoms with Crippen LogP contribution in [0, 0.1) is 17.8 Å². The molecular weight excluding hydrogens is 436 g/mol. The zero-order chi connectivity index (χ0) is 24.7. The Morgan fingerprint density at radius 3 is 2.91 bits per heavy atom. The van der Waals surface area contributed by atoms with E-state index >= 15 is 0 Å². The van der Waals surface area contributed by atoms with E-state index in [9.17, 15) is 14.7 Å². The molecule has 1 N–H and O–H groups in total. The third-order valence-electron chi connectivity index (χ3n) is 5.68. The summed E-state index contributed by atoms with van der Waals surface area (Å²) >= 11 is 0. The molecule has 0 unspecified atom stereocenters. The van der Waals surface area contributed by atoms with Gasteiger partial charge in [-0.2, -0.15) is 0 Å². The van der Waals surface area contributed by atoms with Crippen LogP contribution in [-0.2, 0) is 4.74 Å². The fraction of sp³-hybridized carbons (Fsp3) is 0.440. The smallest absolute Gasteiger partial charge is 0.259 e. The topological polar surface area (TPSA) is 105 Å². The maximum atomic E-state index is 13.4. The van der Waals surface area contributed by atoms with Crippen molar-refractivity contribution in [2.75, 3.05) is 40.5 Å². The lowest BCUT2D eigenvalue weighted by Gasteiger charge is -2.37. The molecule has 180 valence electrons. The Balaban J connectivity index is 1.93. The summed E-state index contributed by atoms with van der Waals surface area (Å²) in [6.45, 7) is 4.44. The number of pyridine rings is 2. The number of carbonyl (C=O) groups excluding carboxylic acids is 2. The van der Waals surface area contributed by atoms with Crippen molar-refractivity contribution in [2.24, 2.45) is 5.92 Å². The van der Waals surface area contributed by atoms with Crippen LogP contribution in [0.1, 0.15) is 40.1 Å². The summed E-state index contributed by atoms with van der Waals surface area (Å²) in [5.41, 5.74) is 1.30. The second kappa shape index (κ2) is 11.6. The molecular formula is C25H30N4O5. The summed E-state index contributed by atoms with van der Waals surface area (Å²) in [7, 11) is 3.25. The zero-order valence-corrected chi connectivity index (χ0v) is 19.9. The van der Waals surface area contributed by atoms with Gasteiger partial charge in [0.1, 0.15) is 18.3 Å². The lowest BCUT2D eigenvalue weighted by Crippen LogP contribution is -2.50. The van der Waals surface area contributed by atoms with Crippen LogP contribution in [-0.4, -0.2) is 89.3 Å². The molecule has 0 aliphatic carbocycles. The van der Waals surface area contributed by atoms with E-state index in [4.69, 9.17) is 9.47 Å². The molecule has 0 bridgehead atoms. The molecule has 2 amide bonds. The van der Waals surface area contributed by atoms with E-state index in [-0.39, 0.29) is 48.9 Å². The maximum Gasteiger partial charge on any atom is 0.259 e. The van der Waals surface area contributed by atoms with E-state index in [0.29, 0.717) is 17.7 Å². The van der Waals surface area contributed by atoms with E-state index in [1.54, 1.807) is 61.5 Å². The van der Waals surface area contributed by atoms with Crippen molar-refractivity contribution in [3.8, 4) is 17.7 Å². The van der Waals surface area contributed by atoms with Crippen molar-refractivity contribution in [2.45, 2.75) is 26.0 Å². The normalized spacial score (nSPS) is 18.5. The molecule has 0 fully saturated rings. The Kier molecular flexibility index (Phi) is 8.57. The number of likely N-dealkylation sites (N-methyl/N-ethyl adjacent to an activating group) is 1. The van der Waals surface area contributed by atoms with Gasteiger partial charge in [0.05, 0.1) is 24.8 Å². The van der Waals surface area contributed by atoms with E-state index in [1.165, 1.54) is 6.20 Å².